The van der Waals surface area contributed by atoms with Crippen molar-refractivity contribution >= 4 is 18.0 Å². The summed E-state index contributed by atoms with van der Waals surface area (Å²) in [5.41, 5.74) is 0. The van der Waals surface area contributed by atoms with Gasteiger partial charge in [-0.3, -0.25) is 0 Å². The molecule has 1 heterocycles. The summed E-state index contributed by atoms with van der Waals surface area (Å²) in [6.45, 7) is 4.30. The lowest BCUT2D eigenvalue weighted by Crippen LogP contribution is -1.99. The van der Waals surface area contributed by atoms with E-state index in [1.165, 1.54) is 0 Å². The van der Waals surface area contributed by atoms with Gasteiger partial charge in [0, 0.05) is 12.6 Å². The lowest BCUT2D eigenvalue weighted by Gasteiger charge is -2.00. The predicted molar refractivity (Wildman–Crippen MR) is 48.1 cm³/mol. The smallest absolute Gasteiger partial charge is 0.131 e. The monoisotopic (exact) mass is 167 g/mol. The van der Waals surface area contributed by atoms with Crippen LogP contribution in [-0.2, 0) is 0 Å². The van der Waals surface area contributed by atoms with Gasteiger partial charge in [0.25, 0.3) is 0 Å². The third-order valence-corrected chi connectivity index (χ3v) is 1.34. The number of nitrogens with zero attached hydrogens (tertiary/aromatic N) is 1. The molecule has 0 atom stereocenters. The fourth-order valence-corrected chi connectivity index (χ4v) is 0.823. The Balaban J connectivity index is 2.71. The van der Waals surface area contributed by atoms with Crippen LogP contribution in [-0.4, -0.2) is 16.5 Å². The lowest BCUT2D eigenvalue weighted by atomic mass is 10.5. The molecule has 1 aromatic rings. The number of nitrogens with one attached hydrogen (secondary N) is 2. The summed E-state index contributed by atoms with van der Waals surface area (Å²) in [4.78, 5) is 6.75. The summed E-state index contributed by atoms with van der Waals surface area (Å²) >= 11 is 4.85. The van der Waals surface area contributed by atoms with Crippen LogP contribution in [0.25, 0.3) is 0 Å². The highest BCUT2D eigenvalue weighted by Crippen LogP contribution is 1.98. The highest BCUT2D eigenvalue weighted by Gasteiger charge is 1.86. The van der Waals surface area contributed by atoms with Crippen molar-refractivity contribution < 1.29 is 0 Å². The molecule has 0 aromatic carbocycles. The van der Waals surface area contributed by atoms with E-state index in [0.29, 0.717) is 4.64 Å². The summed E-state index contributed by atoms with van der Waals surface area (Å²) in [5, 5.41) is 3.05. The number of hydrogen-bond acceptors (Lipinski definition) is 3. The Kier molecular flexibility index (Phi) is 2.80. The molecule has 0 amide bonds. The number of aromatic nitrogens is 2. The molecule has 0 spiro atoms. The van der Waals surface area contributed by atoms with Crippen molar-refractivity contribution in [3.8, 4) is 0 Å². The van der Waals surface area contributed by atoms with Crippen LogP contribution in [0.4, 0.5) is 5.82 Å². The largest absolute Gasteiger partial charge is 0.368 e. The average molecular weight is 167 g/mol. The highest BCUT2D eigenvalue weighted by molar-refractivity contribution is 7.71. The van der Waals surface area contributed by atoms with Crippen LogP contribution in [0, 0.1) is 4.64 Å². The Morgan fingerprint density at radius 2 is 2.64 bits per heavy atom. The first kappa shape index (κ1) is 7.94. The second kappa shape index (κ2) is 3.88. The molecule has 4 heteroatoms. The normalized spacial score (nSPS) is 9.09. The van der Waals surface area contributed by atoms with Crippen molar-refractivity contribution in [3.05, 3.63) is 29.7 Å². The molecule has 0 unspecified atom stereocenters. The van der Waals surface area contributed by atoms with Crippen LogP contribution >= 0.6 is 12.2 Å². The van der Waals surface area contributed by atoms with Gasteiger partial charge in [-0.1, -0.05) is 18.3 Å². The van der Waals surface area contributed by atoms with E-state index in [2.05, 4.69) is 21.9 Å². The van der Waals surface area contributed by atoms with E-state index >= 15 is 0 Å². The maximum atomic E-state index is 4.85. The summed E-state index contributed by atoms with van der Waals surface area (Å²) in [5.74, 6) is 0.866. The van der Waals surface area contributed by atoms with Crippen LogP contribution < -0.4 is 5.32 Å². The van der Waals surface area contributed by atoms with Gasteiger partial charge in [-0.25, -0.2) is 4.98 Å². The van der Waals surface area contributed by atoms with E-state index < -0.39 is 0 Å². The Labute approximate surface area is 70.2 Å². The van der Waals surface area contributed by atoms with Gasteiger partial charge < -0.3 is 10.3 Å². The Morgan fingerprint density at radius 3 is 3.27 bits per heavy atom. The minimum atomic E-state index is 0.579. The molecule has 3 nitrogen and oxygen atoms in total. The van der Waals surface area contributed by atoms with Crippen LogP contribution in [0.15, 0.2) is 25.0 Å². The van der Waals surface area contributed by atoms with Crippen molar-refractivity contribution in [2.45, 2.75) is 0 Å². The number of rotatable bonds is 3. The molecule has 58 valence electrons. The number of H-pyrrole nitrogens is 1. The number of aromatic amines is 1. The van der Waals surface area contributed by atoms with E-state index in [-0.39, 0.29) is 0 Å². The molecule has 11 heavy (non-hydrogen) atoms. The minimum Gasteiger partial charge on any atom is -0.368 e. The van der Waals surface area contributed by atoms with E-state index in [4.69, 9.17) is 12.2 Å². The second-order valence-electron chi connectivity index (χ2n) is 1.97. The standard InChI is InChI=1S/C7H9N3S/c1-2-3-8-6-4-7(11)10-5-9-6/h2,4-5H,1,3H2,(H2,8,9,10,11). The minimum absolute atomic E-state index is 0.579. The predicted octanol–water partition coefficient (Wildman–Crippen LogP) is 1.74. The molecule has 0 aliphatic heterocycles. The molecule has 0 radical (unpaired) electrons. The van der Waals surface area contributed by atoms with Crippen molar-refractivity contribution in [1.82, 2.24) is 9.97 Å². The summed E-state index contributed by atoms with van der Waals surface area (Å²) in [6.07, 6.45) is 3.34. The SMILES string of the molecule is C=CCNc1cc(=S)nc[nH]1. The number of anilines is 1. The second-order valence-corrected chi connectivity index (χ2v) is 2.39. The topological polar surface area (TPSA) is 40.7 Å². The zero-order chi connectivity index (χ0) is 8.10. The number of hydrogen-bond donors (Lipinski definition) is 2. The van der Waals surface area contributed by atoms with Gasteiger partial charge in [0.05, 0.1) is 6.33 Å². The van der Waals surface area contributed by atoms with Gasteiger partial charge >= 0.3 is 0 Å². The van der Waals surface area contributed by atoms with Crippen LogP contribution in [0.3, 0.4) is 0 Å². The summed E-state index contributed by atoms with van der Waals surface area (Å²) in [6, 6.07) is 1.76. The third-order valence-electron chi connectivity index (χ3n) is 1.12. The maximum absolute atomic E-state index is 4.85. The molecule has 1 rings (SSSR count). The first-order valence-corrected chi connectivity index (χ1v) is 3.63. The first-order chi connectivity index (χ1) is 5.33. The molecule has 1 aromatic heterocycles. The van der Waals surface area contributed by atoms with Crippen molar-refractivity contribution in [3.63, 3.8) is 0 Å². The molecular weight excluding hydrogens is 158 g/mol. The van der Waals surface area contributed by atoms with Gasteiger partial charge in [-0.2, -0.15) is 0 Å². The molecule has 0 saturated heterocycles. The van der Waals surface area contributed by atoms with Crippen molar-refractivity contribution in [1.29, 1.82) is 0 Å². The van der Waals surface area contributed by atoms with E-state index in [0.717, 1.165) is 12.4 Å². The maximum Gasteiger partial charge on any atom is 0.131 e. The Morgan fingerprint density at radius 1 is 1.82 bits per heavy atom. The average Bonchev–Trinajstić information content (AvgIpc) is 2.01. The third kappa shape index (κ3) is 2.51. The highest BCUT2D eigenvalue weighted by atomic mass is 32.1. The quantitative estimate of drug-likeness (QED) is 0.532. The van der Waals surface area contributed by atoms with E-state index in [1.54, 1.807) is 18.5 Å². The van der Waals surface area contributed by atoms with Gasteiger partial charge in [-0.15, -0.1) is 6.58 Å². The van der Waals surface area contributed by atoms with E-state index in [9.17, 15) is 0 Å². The summed E-state index contributed by atoms with van der Waals surface area (Å²) < 4.78 is 0.579. The van der Waals surface area contributed by atoms with Gasteiger partial charge in [0.1, 0.15) is 10.5 Å². The zero-order valence-corrected chi connectivity index (χ0v) is 6.82. The lowest BCUT2D eigenvalue weighted by molar-refractivity contribution is 1.13. The van der Waals surface area contributed by atoms with Crippen LogP contribution in [0.5, 0.6) is 0 Å². The molecule has 2 N–H and O–H groups in total. The molecular formula is C7H9N3S. The van der Waals surface area contributed by atoms with E-state index in [1.807, 2.05) is 0 Å². The first-order valence-electron chi connectivity index (χ1n) is 3.22. The van der Waals surface area contributed by atoms with Crippen LogP contribution in [0.2, 0.25) is 0 Å². The molecule has 0 aliphatic rings. The van der Waals surface area contributed by atoms with Crippen molar-refractivity contribution in [2.75, 3.05) is 11.9 Å². The molecule has 0 saturated carbocycles. The van der Waals surface area contributed by atoms with Gasteiger partial charge in [0.2, 0.25) is 0 Å². The molecule has 0 aliphatic carbocycles. The van der Waals surface area contributed by atoms with Gasteiger partial charge in [0.15, 0.2) is 0 Å². The summed E-state index contributed by atoms with van der Waals surface area (Å²) in [7, 11) is 0. The zero-order valence-electron chi connectivity index (χ0n) is 6.00. The van der Waals surface area contributed by atoms with Crippen LogP contribution in [0.1, 0.15) is 0 Å². The molecule has 0 fully saturated rings. The van der Waals surface area contributed by atoms with Crippen molar-refractivity contribution in [2.24, 2.45) is 0 Å². The Bertz CT molecular complexity index is 292. The van der Waals surface area contributed by atoms with Gasteiger partial charge in [-0.05, 0) is 0 Å². The fourth-order valence-electron chi connectivity index (χ4n) is 0.652. The Hall–Kier alpha value is -1.16. The molecule has 0 bridgehead atoms. The fraction of sp³-hybridized carbons (Fsp3) is 0.143.